The first-order valence-corrected chi connectivity index (χ1v) is 6.68. The van der Waals surface area contributed by atoms with Crippen LogP contribution in [0.3, 0.4) is 0 Å². The van der Waals surface area contributed by atoms with Gasteiger partial charge in [-0.15, -0.1) is 0 Å². The molecule has 1 rings (SSSR count). The lowest BCUT2D eigenvalue weighted by atomic mass is 10.1. The second-order valence-corrected chi connectivity index (χ2v) is 4.83. The van der Waals surface area contributed by atoms with E-state index in [0.717, 1.165) is 5.56 Å². The Labute approximate surface area is 114 Å². The summed E-state index contributed by atoms with van der Waals surface area (Å²) in [5.41, 5.74) is 0.831. The van der Waals surface area contributed by atoms with Gasteiger partial charge in [0.05, 0.1) is 6.42 Å². The van der Waals surface area contributed by atoms with Crippen LogP contribution in [0.5, 0.6) is 0 Å². The van der Waals surface area contributed by atoms with E-state index in [2.05, 4.69) is 5.32 Å². The fourth-order valence-corrected chi connectivity index (χ4v) is 2.21. The van der Waals surface area contributed by atoms with E-state index < -0.39 is 18.0 Å². The molecule has 0 aromatic carbocycles. The summed E-state index contributed by atoms with van der Waals surface area (Å²) in [6.07, 6.45) is 0.346. The SMILES string of the molecule is O=C(O)CCC[C@@H](NC(=O)Cc1ccsc1)C(=O)O. The quantitative estimate of drug-likeness (QED) is 0.664. The highest BCUT2D eigenvalue weighted by molar-refractivity contribution is 7.07. The molecule has 104 valence electrons. The zero-order valence-electron chi connectivity index (χ0n) is 10.2. The maximum Gasteiger partial charge on any atom is 0.326 e. The van der Waals surface area contributed by atoms with Crippen molar-refractivity contribution in [2.24, 2.45) is 0 Å². The molecule has 1 atom stereocenters. The van der Waals surface area contributed by atoms with Gasteiger partial charge in [0.1, 0.15) is 6.04 Å². The smallest absolute Gasteiger partial charge is 0.326 e. The van der Waals surface area contributed by atoms with Crippen molar-refractivity contribution in [2.45, 2.75) is 31.7 Å². The molecule has 6 nitrogen and oxygen atoms in total. The zero-order valence-corrected chi connectivity index (χ0v) is 11.0. The van der Waals surface area contributed by atoms with E-state index in [0.29, 0.717) is 0 Å². The number of nitrogens with one attached hydrogen (secondary N) is 1. The van der Waals surface area contributed by atoms with Crippen LogP contribution in [0.25, 0.3) is 0 Å². The van der Waals surface area contributed by atoms with E-state index in [1.54, 1.807) is 6.07 Å². The van der Waals surface area contributed by atoms with Gasteiger partial charge >= 0.3 is 11.9 Å². The van der Waals surface area contributed by atoms with Crippen molar-refractivity contribution in [1.29, 1.82) is 0 Å². The largest absolute Gasteiger partial charge is 0.481 e. The van der Waals surface area contributed by atoms with Gasteiger partial charge in [-0.25, -0.2) is 4.79 Å². The number of hydrogen-bond donors (Lipinski definition) is 3. The number of carboxylic acids is 2. The Morgan fingerprint density at radius 2 is 2.05 bits per heavy atom. The molecule has 1 aromatic heterocycles. The molecule has 1 heterocycles. The van der Waals surface area contributed by atoms with Crippen LogP contribution >= 0.6 is 11.3 Å². The molecule has 0 aliphatic carbocycles. The third-order valence-corrected chi connectivity index (χ3v) is 3.19. The second kappa shape index (κ2) is 7.52. The standard InChI is InChI=1S/C12H15NO5S/c14-10(6-8-4-5-19-7-8)13-9(12(17)18)2-1-3-11(15)16/h4-5,7,9H,1-3,6H2,(H,13,14)(H,15,16)(H,17,18)/t9-/m1/s1. The molecule has 19 heavy (non-hydrogen) atoms. The van der Waals surface area contributed by atoms with E-state index in [4.69, 9.17) is 10.2 Å². The van der Waals surface area contributed by atoms with Crippen LogP contribution in [-0.2, 0) is 20.8 Å². The molecule has 3 N–H and O–H groups in total. The molecule has 7 heteroatoms. The Bertz CT molecular complexity index is 443. The van der Waals surface area contributed by atoms with Crippen LogP contribution < -0.4 is 5.32 Å². The molecule has 0 unspecified atom stereocenters. The lowest BCUT2D eigenvalue weighted by molar-refractivity contribution is -0.142. The molecule has 0 radical (unpaired) electrons. The Hall–Kier alpha value is -1.89. The number of thiophene rings is 1. The van der Waals surface area contributed by atoms with Crippen LogP contribution in [0.1, 0.15) is 24.8 Å². The first-order chi connectivity index (χ1) is 8.99. The minimum absolute atomic E-state index is 0.107. The van der Waals surface area contributed by atoms with Crippen LogP contribution in [0.15, 0.2) is 16.8 Å². The van der Waals surface area contributed by atoms with Crippen molar-refractivity contribution in [3.63, 3.8) is 0 Å². The zero-order chi connectivity index (χ0) is 14.3. The summed E-state index contributed by atoms with van der Waals surface area (Å²) in [6.45, 7) is 0. The summed E-state index contributed by atoms with van der Waals surface area (Å²) < 4.78 is 0. The number of aliphatic carboxylic acids is 2. The fourth-order valence-electron chi connectivity index (χ4n) is 1.54. The number of hydrogen-bond acceptors (Lipinski definition) is 4. The molecule has 0 fully saturated rings. The van der Waals surface area contributed by atoms with Crippen molar-refractivity contribution in [3.8, 4) is 0 Å². The van der Waals surface area contributed by atoms with Crippen molar-refractivity contribution in [3.05, 3.63) is 22.4 Å². The van der Waals surface area contributed by atoms with E-state index >= 15 is 0 Å². The van der Waals surface area contributed by atoms with Crippen LogP contribution in [0.2, 0.25) is 0 Å². The Balaban J connectivity index is 2.42. The average Bonchev–Trinajstić information content (AvgIpc) is 2.79. The normalized spacial score (nSPS) is 11.8. The number of rotatable bonds is 8. The molecule has 1 amide bonds. The van der Waals surface area contributed by atoms with Crippen LogP contribution in [0.4, 0.5) is 0 Å². The van der Waals surface area contributed by atoms with Gasteiger partial charge in [0.2, 0.25) is 5.91 Å². The van der Waals surface area contributed by atoms with Gasteiger partial charge in [-0.3, -0.25) is 9.59 Å². The van der Waals surface area contributed by atoms with Crippen LogP contribution in [-0.4, -0.2) is 34.1 Å². The van der Waals surface area contributed by atoms with Crippen molar-refractivity contribution in [2.75, 3.05) is 0 Å². The van der Waals surface area contributed by atoms with Gasteiger partial charge in [0, 0.05) is 6.42 Å². The van der Waals surface area contributed by atoms with Gasteiger partial charge in [-0.2, -0.15) is 11.3 Å². The van der Waals surface area contributed by atoms with E-state index in [1.807, 2.05) is 10.8 Å². The number of amides is 1. The van der Waals surface area contributed by atoms with Crippen molar-refractivity contribution in [1.82, 2.24) is 5.32 Å². The van der Waals surface area contributed by atoms with E-state index in [1.165, 1.54) is 11.3 Å². The monoisotopic (exact) mass is 285 g/mol. The molecular weight excluding hydrogens is 270 g/mol. The average molecular weight is 285 g/mol. The molecule has 0 spiro atoms. The Morgan fingerprint density at radius 3 is 2.58 bits per heavy atom. The van der Waals surface area contributed by atoms with Crippen molar-refractivity contribution < 1.29 is 24.6 Å². The summed E-state index contributed by atoms with van der Waals surface area (Å²) in [4.78, 5) is 32.9. The van der Waals surface area contributed by atoms with E-state index in [9.17, 15) is 14.4 Å². The number of carboxylic acid groups (broad SMARTS) is 2. The van der Waals surface area contributed by atoms with Crippen molar-refractivity contribution >= 4 is 29.2 Å². The topological polar surface area (TPSA) is 104 Å². The highest BCUT2D eigenvalue weighted by Crippen LogP contribution is 2.07. The molecule has 0 aliphatic rings. The van der Waals surface area contributed by atoms with Gasteiger partial charge in [0.15, 0.2) is 0 Å². The summed E-state index contributed by atoms with van der Waals surface area (Å²) in [6, 6.07) is 0.759. The maximum atomic E-state index is 11.6. The first-order valence-electron chi connectivity index (χ1n) is 5.74. The summed E-state index contributed by atoms with van der Waals surface area (Å²) in [5, 5.41) is 23.5. The number of carbonyl (C=O) groups excluding carboxylic acids is 1. The minimum Gasteiger partial charge on any atom is -0.481 e. The lowest BCUT2D eigenvalue weighted by Crippen LogP contribution is -2.41. The van der Waals surface area contributed by atoms with Gasteiger partial charge in [0.25, 0.3) is 0 Å². The predicted octanol–water partition coefficient (Wildman–Crippen LogP) is 1.11. The van der Waals surface area contributed by atoms with Gasteiger partial charge in [-0.1, -0.05) is 0 Å². The fraction of sp³-hybridized carbons (Fsp3) is 0.417. The molecule has 0 aliphatic heterocycles. The third-order valence-electron chi connectivity index (χ3n) is 2.46. The summed E-state index contributed by atoms with van der Waals surface area (Å²) in [7, 11) is 0. The van der Waals surface area contributed by atoms with Gasteiger partial charge < -0.3 is 15.5 Å². The number of carbonyl (C=O) groups is 3. The second-order valence-electron chi connectivity index (χ2n) is 4.05. The molecule has 0 saturated carbocycles. The maximum absolute atomic E-state index is 11.6. The lowest BCUT2D eigenvalue weighted by Gasteiger charge is -2.13. The minimum atomic E-state index is -1.15. The Kier molecular flexibility index (Phi) is 6.01. The molecule has 1 aromatic rings. The van der Waals surface area contributed by atoms with Gasteiger partial charge in [-0.05, 0) is 35.2 Å². The summed E-state index contributed by atoms with van der Waals surface area (Å²) in [5.74, 6) is -2.50. The molecule has 0 bridgehead atoms. The predicted molar refractivity (Wildman–Crippen MR) is 69.1 cm³/mol. The highest BCUT2D eigenvalue weighted by atomic mass is 32.1. The van der Waals surface area contributed by atoms with Crippen LogP contribution in [0, 0.1) is 0 Å². The van der Waals surface area contributed by atoms with E-state index in [-0.39, 0.29) is 31.6 Å². The third kappa shape index (κ3) is 6.01. The molecule has 0 saturated heterocycles. The summed E-state index contributed by atoms with van der Waals surface area (Å²) >= 11 is 1.46. The highest BCUT2D eigenvalue weighted by Gasteiger charge is 2.20. The first kappa shape index (κ1) is 15.2. The Morgan fingerprint density at radius 1 is 1.32 bits per heavy atom. The molecular formula is C12H15NO5S.